The van der Waals surface area contributed by atoms with Crippen LogP contribution in [-0.4, -0.2) is 44.9 Å². The summed E-state index contributed by atoms with van der Waals surface area (Å²) in [5.41, 5.74) is 0.676. The molecule has 0 aliphatic carbocycles. The second kappa shape index (κ2) is 7.13. The maximum absolute atomic E-state index is 12.1. The molecule has 1 heterocycles. The standard InChI is InChI=1S/C18H25N3O4/c1-11-8-7-9-13(15(11)22)16-19-14(20-25-16)10-12(2)21(6)17(23)24-18(3,4)5/h7-9,12,22H,10H2,1-6H3/t12-/m1/s1. The summed E-state index contributed by atoms with van der Waals surface area (Å²) in [6, 6.07) is 5.16. The molecule has 1 N–H and O–H groups in total. The number of hydrogen-bond acceptors (Lipinski definition) is 6. The topological polar surface area (TPSA) is 88.7 Å². The van der Waals surface area contributed by atoms with E-state index < -0.39 is 11.7 Å². The molecule has 1 aromatic carbocycles. The van der Waals surface area contributed by atoms with Gasteiger partial charge < -0.3 is 19.3 Å². The van der Waals surface area contributed by atoms with Crippen LogP contribution in [0, 0.1) is 6.92 Å². The van der Waals surface area contributed by atoms with Crippen LogP contribution >= 0.6 is 0 Å². The van der Waals surface area contributed by atoms with Crippen molar-refractivity contribution >= 4 is 6.09 Å². The van der Waals surface area contributed by atoms with Crippen LogP contribution in [0.15, 0.2) is 22.7 Å². The third-order valence-electron chi connectivity index (χ3n) is 3.76. The highest BCUT2D eigenvalue weighted by Gasteiger charge is 2.24. The summed E-state index contributed by atoms with van der Waals surface area (Å²) in [5, 5.41) is 14.1. The predicted octanol–water partition coefficient (Wildman–Crippen LogP) is 3.55. The highest BCUT2D eigenvalue weighted by molar-refractivity contribution is 5.68. The molecular weight excluding hydrogens is 322 g/mol. The number of hydrogen-bond donors (Lipinski definition) is 1. The van der Waals surface area contributed by atoms with Crippen molar-refractivity contribution in [3.63, 3.8) is 0 Å². The number of likely N-dealkylation sites (N-methyl/N-ethyl adjacent to an activating group) is 1. The fourth-order valence-corrected chi connectivity index (χ4v) is 2.19. The first kappa shape index (κ1) is 18.8. The Morgan fingerprint density at radius 1 is 1.40 bits per heavy atom. The van der Waals surface area contributed by atoms with Gasteiger partial charge in [0.25, 0.3) is 5.89 Å². The zero-order valence-corrected chi connectivity index (χ0v) is 15.5. The monoisotopic (exact) mass is 347 g/mol. The minimum Gasteiger partial charge on any atom is -0.507 e. The van der Waals surface area contributed by atoms with E-state index in [1.807, 2.05) is 33.8 Å². The van der Waals surface area contributed by atoms with Gasteiger partial charge in [-0.15, -0.1) is 0 Å². The summed E-state index contributed by atoms with van der Waals surface area (Å²) in [7, 11) is 1.67. The van der Waals surface area contributed by atoms with Gasteiger partial charge in [0.05, 0.1) is 5.56 Å². The molecule has 136 valence electrons. The lowest BCUT2D eigenvalue weighted by Gasteiger charge is -2.28. The van der Waals surface area contributed by atoms with E-state index in [4.69, 9.17) is 9.26 Å². The van der Waals surface area contributed by atoms with Crippen molar-refractivity contribution in [1.29, 1.82) is 0 Å². The predicted molar refractivity (Wildman–Crippen MR) is 93.3 cm³/mol. The van der Waals surface area contributed by atoms with E-state index in [9.17, 15) is 9.90 Å². The van der Waals surface area contributed by atoms with Crippen LogP contribution in [-0.2, 0) is 11.2 Å². The summed E-state index contributed by atoms with van der Waals surface area (Å²) in [4.78, 5) is 17.9. The van der Waals surface area contributed by atoms with Crippen molar-refractivity contribution in [1.82, 2.24) is 15.0 Å². The lowest BCUT2D eigenvalue weighted by Crippen LogP contribution is -2.40. The minimum absolute atomic E-state index is 0.122. The van der Waals surface area contributed by atoms with Crippen molar-refractivity contribution < 1.29 is 19.2 Å². The Hall–Kier alpha value is -2.57. The smallest absolute Gasteiger partial charge is 0.410 e. The van der Waals surface area contributed by atoms with Crippen molar-refractivity contribution in [2.75, 3.05) is 7.05 Å². The SMILES string of the molecule is Cc1cccc(-c2nc(C[C@@H](C)N(C)C(=O)OC(C)(C)C)no2)c1O. The third kappa shape index (κ3) is 4.71. The summed E-state index contributed by atoms with van der Waals surface area (Å²) < 4.78 is 10.6. The van der Waals surface area contributed by atoms with E-state index in [-0.39, 0.29) is 17.7 Å². The molecule has 0 saturated carbocycles. The van der Waals surface area contributed by atoms with E-state index >= 15 is 0 Å². The van der Waals surface area contributed by atoms with Crippen LogP contribution < -0.4 is 0 Å². The number of phenols is 1. The molecule has 1 amide bonds. The average Bonchev–Trinajstić information content (AvgIpc) is 2.95. The zero-order chi connectivity index (χ0) is 18.8. The Bertz CT molecular complexity index is 749. The molecule has 2 aromatic rings. The number of rotatable bonds is 4. The Morgan fingerprint density at radius 2 is 2.08 bits per heavy atom. The van der Waals surface area contributed by atoms with E-state index in [0.29, 0.717) is 17.8 Å². The molecule has 0 spiro atoms. The van der Waals surface area contributed by atoms with Gasteiger partial charge in [-0.3, -0.25) is 0 Å². The molecule has 7 heteroatoms. The van der Waals surface area contributed by atoms with Gasteiger partial charge >= 0.3 is 6.09 Å². The van der Waals surface area contributed by atoms with Crippen LogP contribution in [0.5, 0.6) is 5.75 Å². The average molecular weight is 347 g/mol. The molecule has 0 radical (unpaired) electrons. The Kier molecular flexibility index (Phi) is 5.35. The van der Waals surface area contributed by atoms with Gasteiger partial charge in [0.2, 0.25) is 0 Å². The van der Waals surface area contributed by atoms with Crippen LogP contribution in [0.1, 0.15) is 39.1 Å². The van der Waals surface area contributed by atoms with Gasteiger partial charge in [0, 0.05) is 19.5 Å². The number of carbonyl (C=O) groups excluding carboxylic acids is 1. The first-order chi connectivity index (χ1) is 11.6. The Balaban J connectivity index is 2.08. The maximum atomic E-state index is 12.1. The number of aryl methyl sites for hydroxylation is 1. The van der Waals surface area contributed by atoms with Gasteiger partial charge in [-0.25, -0.2) is 4.79 Å². The second-order valence-corrected chi connectivity index (χ2v) is 7.13. The van der Waals surface area contributed by atoms with Crippen LogP contribution in [0.4, 0.5) is 4.79 Å². The fourth-order valence-electron chi connectivity index (χ4n) is 2.19. The largest absolute Gasteiger partial charge is 0.507 e. The van der Waals surface area contributed by atoms with Crippen LogP contribution in [0.2, 0.25) is 0 Å². The molecule has 2 rings (SSSR count). The van der Waals surface area contributed by atoms with Crippen molar-refractivity contribution in [3.05, 3.63) is 29.6 Å². The number of benzene rings is 1. The number of carbonyl (C=O) groups is 1. The van der Waals surface area contributed by atoms with E-state index in [0.717, 1.165) is 5.56 Å². The molecule has 0 saturated heterocycles. The first-order valence-electron chi connectivity index (χ1n) is 8.16. The van der Waals surface area contributed by atoms with Crippen LogP contribution in [0.25, 0.3) is 11.5 Å². The molecule has 7 nitrogen and oxygen atoms in total. The number of aromatic nitrogens is 2. The molecule has 1 atom stereocenters. The molecule has 0 fully saturated rings. The summed E-state index contributed by atoms with van der Waals surface area (Å²) in [6.45, 7) is 9.15. The Labute approximate surface area is 147 Å². The minimum atomic E-state index is -0.549. The van der Waals surface area contributed by atoms with Gasteiger partial charge in [-0.05, 0) is 46.2 Å². The number of phenolic OH excluding ortho intramolecular Hbond substituents is 1. The third-order valence-corrected chi connectivity index (χ3v) is 3.76. The number of para-hydroxylation sites is 1. The second-order valence-electron chi connectivity index (χ2n) is 7.13. The summed E-state index contributed by atoms with van der Waals surface area (Å²) in [5.74, 6) is 0.832. The van der Waals surface area contributed by atoms with E-state index in [2.05, 4.69) is 10.1 Å². The maximum Gasteiger partial charge on any atom is 0.410 e. The fraction of sp³-hybridized carbons (Fsp3) is 0.500. The van der Waals surface area contributed by atoms with E-state index in [1.54, 1.807) is 26.1 Å². The number of aromatic hydroxyl groups is 1. The number of nitrogens with zero attached hydrogens (tertiary/aromatic N) is 3. The normalized spacial score (nSPS) is 12.7. The van der Waals surface area contributed by atoms with Gasteiger partial charge in [0.15, 0.2) is 5.82 Å². The molecule has 0 unspecified atom stereocenters. The van der Waals surface area contributed by atoms with Gasteiger partial charge in [-0.1, -0.05) is 17.3 Å². The quantitative estimate of drug-likeness (QED) is 0.910. The number of amides is 1. The summed E-state index contributed by atoms with van der Waals surface area (Å²) in [6.07, 6.45) is 0.00582. The molecular formula is C18H25N3O4. The highest BCUT2D eigenvalue weighted by atomic mass is 16.6. The lowest BCUT2D eigenvalue weighted by molar-refractivity contribution is 0.0234. The number of ether oxygens (including phenoxy) is 1. The molecule has 0 bridgehead atoms. The zero-order valence-electron chi connectivity index (χ0n) is 15.5. The van der Waals surface area contributed by atoms with Gasteiger partial charge in [-0.2, -0.15) is 4.98 Å². The molecule has 0 aliphatic heterocycles. The highest BCUT2D eigenvalue weighted by Crippen LogP contribution is 2.30. The van der Waals surface area contributed by atoms with Crippen molar-refractivity contribution in [2.24, 2.45) is 0 Å². The van der Waals surface area contributed by atoms with Crippen molar-refractivity contribution in [3.8, 4) is 17.2 Å². The van der Waals surface area contributed by atoms with Crippen molar-refractivity contribution in [2.45, 2.75) is 52.7 Å². The van der Waals surface area contributed by atoms with E-state index in [1.165, 1.54) is 4.90 Å². The molecule has 1 aromatic heterocycles. The lowest BCUT2D eigenvalue weighted by atomic mass is 10.1. The summed E-state index contributed by atoms with van der Waals surface area (Å²) >= 11 is 0. The Morgan fingerprint density at radius 3 is 2.72 bits per heavy atom. The van der Waals surface area contributed by atoms with Gasteiger partial charge in [0.1, 0.15) is 11.4 Å². The first-order valence-corrected chi connectivity index (χ1v) is 8.16. The molecule has 25 heavy (non-hydrogen) atoms. The van der Waals surface area contributed by atoms with Crippen LogP contribution in [0.3, 0.4) is 0 Å². The molecule has 0 aliphatic rings.